The molecule has 18 heavy (non-hydrogen) atoms. The van der Waals surface area contributed by atoms with Crippen LogP contribution in [-0.4, -0.2) is 27.5 Å². The van der Waals surface area contributed by atoms with Crippen molar-refractivity contribution >= 4 is 11.5 Å². The Kier molecular flexibility index (Phi) is 2.93. The van der Waals surface area contributed by atoms with Gasteiger partial charge < -0.3 is 10.1 Å². The molecule has 0 aliphatic carbocycles. The Bertz CT molecular complexity index is 424. The lowest BCUT2D eigenvalue weighted by atomic mass is 10.0. The van der Waals surface area contributed by atoms with Crippen molar-refractivity contribution in [3.63, 3.8) is 0 Å². The molecule has 2 atom stereocenters. The number of aromatic nitrogens is 2. The third-order valence-corrected chi connectivity index (χ3v) is 3.97. The van der Waals surface area contributed by atoms with Crippen LogP contribution in [0.25, 0.3) is 0 Å². The molecular formula is C10H12F3N3OS. The summed E-state index contributed by atoms with van der Waals surface area (Å²) in [7, 11) is 0. The Morgan fingerprint density at radius 3 is 2.44 bits per heavy atom. The number of hydrogen-bond acceptors (Lipinski definition) is 5. The first-order valence-corrected chi connectivity index (χ1v) is 6.61. The monoisotopic (exact) mass is 279 g/mol. The topological polar surface area (TPSA) is 47.0 Å². The molecule has 100 valence electrons. The third kappa shape index (κ3) is 2.44. The van der Waals surface area contributed by atoms with Gasteiger partial charge in [-0.15, -0.1) is 0 Å². The van der Waals surface area contributed by atoms with Crippen LogP contribution in [-0.2, 0) is 6.18 Å². The largest absolute Gasteiger partial charge is 0.466 e. The molecule has 2 fully saturated rings. The zero-order valence-corrected chi connectivity index (χ0v) is 10.2. The van der Waals surface area contributed by atoms with Crippen LogP contribution >= 0.6 is 11.5 Å². The van der Waals surface area contributed by atoms with Crippen LogP contribution in [0.15, 0.2) is 0 Å². The molecule has 0 radical (unpaired) electrons. The Hall–Kier alpha value is -0.890. The second kappa shape index (κ2) is 4.34. The quantitative estimate of drug-likeness (QED) is 0.901. The van der Waals surface area contributed by atoms with Gasteiger partial charge in [-0.1, -0.05) is 0 Å². The molecule has 3 rings (SSSR count). The first-order valence-electron chi connectivity index (χ1n) is 5.84. The number of hydrogen-bond donors (Lipinski definition) is 1. The maximum absolute atomic E-state index is 12.3. The van der Waals surface area contributed by atoms with Crippen LogP contribution in [0.4, 0.5) is 13.2 Å². The second-order valence-corrected chi connectivity index (χ2v) is 5.45. The zero-order chi connectivity index (χ0) is 12.8. The summed E-state index contributed by atoms with van der Waals surface area (Å²) in [6.07, 6.45) is -0.638. The highest BCUT2D eigenvalue weighted by molar-refractivity contribution is 7.07. The summed E-state index contributed by atoms with van der Waals surface area (Å²) in [5, 5.41) is 3.46. The second-order valence-electron chi connectivity index (χ2n) is 4.73. The van der Waals surface area contributed by atoms with Gasteiger partial charge in [-0.3, -0.25) is 0 Å². The molecule has 2 saturated heterocycles. The molecule has 8 heteroatoms. The van der Waals surface area contributed by atoms with E-state index in [-0.39, 0.29) is 11.3 Å². The van der Waals surface area contributed by atoms with Gasteiger partial charge in [-0.05, 0) is 25.7 Å². The molecule has 2 unspecified atom stereocenters. The number of piperidine rings is 1. The predicted octanol–water partition coefficient (Wildman–Crippen LogP) is 2.22. The van der Waals surface area contributed by atoms with E-state index < -0.39 is 12.0 Å². The molecule has 3 heterocycles. The number of nitrogens with zero attached hydrogens (tertiary/aromatic N) is 2. The van der Waals surface area contributed by atoms with Gasteiger partial charge in [0.1, 0.15) is 6.10 Å². The van der Waals surface area contributed by atoms with Crippen LogP contribution in [0, 0.1) is 0 Å². The summed E-state index contributed by atoms with van der Waals surface area (Å²) in [5.74, 6) is -1.11. The Morgan fingerprint density at radius 1 is 1.22 bits per heavy atom. The molecule has 2 aliphatic heterocycles. The summed E-state index contributed by atoms with van der Waals surface area (Å²) in [6.45, 7) is 0. The number of halogens is 3. The van der Waals surface area contributed by atoms with Crippen LogP contribution < -0.4 is 10.1 Å². The molecule has 2 aliphatic rings. The molecule has 1 aromatic heterocycles. The van der Waals surface area contributed by atoms with Crippen molar-refractivity contribution in [3.8, 4) is 5.19 Å². The van der Waals surface area contributed by atoms with Crippen LogP contribution in [0.5, 0.6) is 5.19 Å². The highest BCUT2D eigenvalue weighted by Gasteiger charge is 2.38. The van der Waals surface area contributed by atoms with Gasteiger partial charge in [0.2, 0.25) is 0 Å². The van der Waals surface area contributed by atoms with E-state index in [1.54, 1.807) is 0 Å². The summed E-state index contributed by atoms with van der Waals surface area (Å²) < 4.78 is 45.8. The van der Waals surface area contributed by atoms with Crippen molar-refractivity contribution in [2.75, 3.05) is 0 Å². The van der Waals surface area contributed by atoms with Gasteiger partial charge in [0.15, 0.2) is 0 Å². The maximum atomic E-state index is 12.3. The third-order valence-electron chi connectivity index (χ3n) is 3.36. The average Bonchev–Trinajstić information content (AvgIpc) is 2.85. The predicted molar refractivity (Wildman–Crippen MR) is 58.5 cm³/mol. The van der Waals surface area contributed by atoms with Crippen LogP contribution in [0.3, 0.4) is 0 Å². The van der Waals surface area contributed by atoms with E-state index in [0.29, 0.717) is 23.6 Å². The van der Waals surface area contributed by atoms with Crippen molar-refractivity contribution in [1.29, 1.82) is 0 Å². The standard InChI is InChI=1S/C10H12F3N3OS/c11-10(12,13)8-15-9(18-16-8)17-7-3-5-1-2-6(4-7)14-5/h5-7,14H,1-4H2. The number of nitrogens with one attached hydrogen (secondary N) is 1. The van der Waals surface area contributed by atoms with E-state index in [2.05, 4.69) is 14.7 Å². The number of fused-ring (bicyclic) bond motifs is 2. The van der Waals surface area contributed by atoms with E-state index in [9.17, 15) is 13.2 Å². The molecule has 1 aromatic rings. The fourth-order valence-corrected chi connectivity index (χ4v) is 3.23. The molecule has 4 nitrogen and oxygen atoms in total. The molecular weight excluding hydrogens is 267 g/mol. The Morgan fingerprint density at radius 2 is 1.89 bits per heavy atom. The van der Waals surface area contributed by atoms with Gasteiger partial charge in [-0.25, -0.2) is 0 Å². The normalized spacial score (nSPS) is 31.6. The molecule has 0 amide bonds. The minimum absolute atomic E-state index is 0.0219. The average molecular weight is 279 g/mol. The van der Waals surface area contributed by atoms with Gasteiger partial charge in [0, 0.05) is 23.6 Å². The molecule has 0 aromatic carbocycles. The lowest BCUT2D eigenvalue weighted by molar-refractivity contribution is -0.144. The molecule has 0 saturated carbocycles. The van der Waals surface area contributed by atoms with Crippen LogP contribution in [0.2, 0.25) is 0 Å². The first kappa shape index (κ1) is 12.2. The van der Waals surface area contributed by atoms with Gasteiger partial charge >= 0.3 is 6.18 Å². The minimum atomic E-state index is -4.49. The Labute approximate surface area is 106 Å². The fourth-order valence-electron chi connectivity index (χ4n) is 2.62. The van der Waals surface area contributed by atoms with Gasteiger partial charge in [0.05, 0.1) is 0 Å². The lowest BCUT2D eigenvalue weighted by Gasteiger charge is -2.28. The number of ether oxygens (including phenoxy) is 1. The maximum Gasteiger partial charge on any atom is 0.452 e. The molecule has 0 spiro atoms. The van der Waals surface area contributed by atoms with E-state index >= 15 is 0 Å². The minimum Gasteiger partial charge on any atom is -0.466 e. The van der Waals surface area contributed by atoms with E-state index in [0.717, 1.165) is 25.7 Å². The van der Waals surface area contributed by atoms with E-state index in [1.165, 1.54) is 0 Å². The summed E-state index contributed by atoms with van der Waals surface area (Å²) in [5.41, 5.74) is 0. The summed E-state index contributed by atoms with van der Waals surface area (Å²) >= 11 is 0.669. The Balaban J connectivity index is 1.64. The highest BCUT2D eigenvalue weighted by Crippen LogP contribution is 2.33. The molecule has 2 bridgehead atoms. The molecule has 1 N–H and O–H groups in total. The highest BCUT2D eigenvalue weighted by atomic mass is 32.1. The van der Waals surface area contributed by atoms with Crippen molar-refractivity contribution in [3.05, 3.63) is 5.82 Å². The van der Waals surface area contributed by atoms with Gasteiger partial charge in [-0.2, -0.15) is 22.5 Å². The SMILES string of the molecule is FC(F)(F)c1nsc(OC2CC3CCC(C2)N3)n1. The summed E-state index contributed by atoms with van der Waals surface area (Å²) in [6, 6.07) is 0.868. The van der Waals surface area contributed by atoms with Crippen molar-refractivity contribution in [2.24, 2.45) is 0 Å². The van der Waals surface area contributed by atoms with Crippen LogP contribution in [0.1, 0.15) is 31.5 Å². The fraction of sp³-hybridized carbons (Fsp3) is 0.800. The van der Waals surface area contributed by atoms with Crippen molar-refractivity contribution < 1.29 is 17.9 Å². The first-order chi connectivity index (χ1) is 8.50. The number of alkyl halides is 3. The zero-order valence-electron chi connectivity index (χ0n) is 9.41. The smallest absolute Gasteiger partial charge is 0.452 e. The van der Waals surface area contributed by atoms with Crippen molar-refractivity contribution in [2.45, 2.75) is 50.0 Å². The van der Waals surface area contributed by atoms with Crippen molar-refractivity contribution in [1.82, 2.24) is 14.7 Å². The van der Waals surface area contributed by atoms with E-state index in [1.807, 2.05) is 0 Å². The van der Waals surface area contributed by atoms with Gasteiger partial charge in [0.25, 0.3) is 11.0 Å². The summed E-state index contributed by atoms with van der Waals surface area (Å²) in [4.78, 5) is 3.39. The van der Waals surface area contributed by atoms with E-state index in [4.69, 9.17) is 4.74 Å². The lowest BCUT2D eigenvalue weighted by Crippen LogP contribution is -2.42. The number of rotatable bonds is 2.